The zero-order valence-electron chi connectivity index (χ0n) is 18.2. The average Bonchev–Trinajstić information content (AvgIpc) is 2.62. The standard InChI is InChI=1S/C24H36N2O2/c1-7-21(17-9-11-19(15-25(3)4)23(27)13-17)22(8-2)18-10-12-20(16-26(5)6)24(28)14-18/h9-14,21-22,27-28H,7-8,15-16H2,1-6H3/t21-,22-/m0/s1. The number of benzene rings is 2. The van der Waals surface area contributed by atoms with Crippen molar-refractivity contribution in [3.05, 3.63) is 58.7 Å². The van der Waals surface area contributed by atoms with Gasteiger partial charge in [-0.1, -0.05) is 38.1 Å². The smallest absolute Gasteiger partial charge is 0.120 e. The van der Waals surface area contributed by atoms with Gasteiger partial charge in [0.1, 0.15) is 11.5 Å². The molecule has 0 fully saturated rings. The zero-order valence-corrected chi connectivity index (χ0v) is 18.2. The third kappa shape index (κ3) is 5.49. The Labute approximate surface area is 170 Å². The SMILES string of the molecule is CC[C@@H](c1ccc(CN(C)C)c(O)c1)[C@@H](CC)c1ccc(CN(C)C)c(O)c1. The van der Waals surface area contributed by atoms with Gasteiger partial charge in [-0.15, -0.1) is 0 Å². The van der Waals surface area contributed by atoms with E-state index < -0.39 is 0 Å². The third-order valence-corrected chi connectivity index (χ3v) is 5.41. The Morgan fingerprint density at radius 2 is 1.04 bits per heavy atom. The summed E-state index contributed by atoms with van der Waals surface area (Å²) in [6.45, 7) is 5.83. The molecular weight excluding hydrogens is 348 g/mol. The first-order valence-electron chi connectivity index (χ1n) is 10.2. The van der Waals surface area contributed by atoms with Gasteiger partial charge in [0.2, 0.25) is 0 Å². The minimum atomic E-state index is 0.295. The fraction of sp³-hybridized carbons (Fsp3) is 0.500. The second kappa shape index (κ2) is 9.94. The van der Waals surface area contributed by atoms with Gasteiger partial charge in [0, 0.05) is 24.2 Å². The summed E-state index contributed by atoms with van der Waals surface area (Å²) in [6.07, 6.45) is 1.95. The quantitative estimate of drug-likeness (QED) is 0.645. The van der Waals surface area contributed by atoms with Crippen molar-refractivity contribution in [2.24, 2.45) is 0 Å². The van der Waals surface area contributed by atoms with Crippen LogP contribution in [0.5, 0.6) is 11.5 Å². The van der Waals surface area contributed by atoms with Gasteiger partial charge in [0.25, 0.3) is 0 Å². The van der Waals surface area contributed by atoms with Crippen molar-refractivity contribution in [2.75, 3.05) is 28.2 Å². The van der Waals surface area contributed by atoms with Gasteiger partial charge in [-0.3, -0.25) is 0 Å². The summed E-state index contributed by atoms with van der Waals surface area (Å²) in [4.78, 5) is 4.11. The predicted octanol–water partition coefficient (Wildman–Crippen LogP) is 4.91. The molecule has 2 aromatic carbocycles. The number of phenolic OH excluding ortho intramolecular Hbond substituents is 2. The van der Waals surface area contributed by atoms with Crippen LogP contribution < -0.4 is 0 Å². The molecule has 154 valence electrons. The summed E-state index contributed by atoms with van der Waals surface area (Å²) in [5, 5.41) is 21.0. The molecule has 2 N–H and O–H groups in total. The summed E-state index contributed by atoms with van der Waals surface area (Å²) in [7, 11) is 8.01. The lowest BCUT2D eigenvalue weighted by Crippen LogP contribution is -2.13. The maximum absolute atomic E-state index is 10.5. The third-order valence-electron chi connectivity index (χ3n) is 5.41. The van der Waals surface area contributed by atoms with Gasteiger partial charge in [-0.25, -0.2) is 0 Å². The molecule has 4 heteroatoms. The van der Waals surface area contributed by atoms with E-state index >= 15 is 0 Å². The van der Waals surface area contributed by atoms with Crippen LogP contribution >= 0.6 is 0 Å². The first kappa shape index (κ1) is 22.3. The molecule has 0 aliphatic carbocycles. The Kier molecular flexibility index (Phi) is 7.90. The first-order chi connectivity index (χ1) is 13.3. The van der Waals surface area contributed by atoms with Gasteiger partial charge in [-0.2, -0.15) is 0 Å². The number of phenols is 2. The molecule has 2 rings (SSSR count). The molecule has 0 heterocycles. The van der Waals surface area contributed by atoms with Gasteiger partial charge >= 0.3 is 0 Å². The lowest BCUT2D eigenvalue weighted by molar-refractivity contribution is 0.384. The molecular formula is C24H36N2O2. The predicted molar refractivity (Wildman–Crippen MR) is 117 cm³/mol. The molecule has 0 spiro atoms. The Morgan fingerprint density at radius 1 is 0.679 bits per heavy atom. The molecule has 0 amide bonds. The highest BCUT2D eigenvalue weighted by molar-refractivity contribution is 5.42. The van der Waals surface area contributed by atoms with Crippen molar-refractivity contribution in [2.45, 2.75) is 51.6 Å². The van der Waals surface area contributed by atoms with E-state index in [0.29, 0.717) is 23.3 Å². The van der Waals surface area contributed by atoms with Gasteiger partial charge in [0.05, 0.1) is 0 Å². The maximum atomic E-state index is 10.5. The highest BCUT2D eigenvalue weighted by Gasteiger charge is 2.23. The molecule has 0 bridgehead atoms. The molecule has 0 aliphatic rings. The number of nitrogens with zero attached hydrogens (tertiary/aromatic N) is 2. The van der Waals surface area contributed by atoms with Crippen LogP contribution in [0, 0.1) is 0 Å². The Balaban J connectivity index is 2.33. The molecule has 2 atom stereocenters. The molecule has 0 saturated carbocycles. The van der Waals surface area contributed by atoms with Crippen molar-refractivity contribution in [3.8, 4) is 11.5 Å². The molecule has 0 aromatic heterocycles. The Morgan fingerprint density at radius 3 is 1.29 bits per heavy atom. The van der Waals surface area contributed by atoms with E-state index in [1.807, 2.05) is 52.5 Å². The van der Waals surface area contributed by atoms with Crippen LogP contribution in [0.15, 0.2) is 36.4 Å². The molecule has 0 aliphatic heterocycles. The van der Waals surface area contributed by atoms with Crippen LogP contribution in [-0.4, -0.2) is 48.2 Å². The van der Waals surface area contributed by atoms with Crippen molar-refractivity contribution < 1.29 is 10.2 Å². The van der Waals surface area contributed by atoms with E-state index in [-0.39, 0.29) is 0 Å². The minimum absolute atomic E-state index is 0.295. The second-order valence-corrected chi connectivity index (χ2v) is 8.28. The molecule has 0 unspecified atom stereocenters. The van der Waals surface area contributed by atoms with Crippen molar-refractivity contribution in [3.63, 3.8) is 0 Å². The minimum Gasteiger partial charge on any atom is -0.508 e. The summed E-state index contributed by atoms with van der Waals surface area (Å²) in [5.41, 5.74) is 4.21. The summed E-state index contributed by atoms with van der Waals surface area (Å²) in [5.74, 6) is 1.32. The Hall–Kier alpha value is -2.04. The van der Waals surface area contributed by atoms with E-state index in [1.54, 1.807) is 0 Å². The summed E-state index contributed by atoms with van der Waals surface area (Å²) in [6, 6.07) is 12.2. The number of hydrogen-bond acceptors (Lipinski definition) is 4. The van der Waals surface area contributed by atoms with Crippen LogP contribution in [0.1, 0.15) is 60.8 Å². The molecule has 0 radical (unpaired) electrons. The zero-order chi connectivity index (χ0) is 20.8. The number of hydrogen-bond donors (Lipinski definition) is 2. The van der Waals surface area contributed by atoms with Gasteiger partial charge in [0.15, 0.2) is 0 Å². The molecule has 4 nitrogen and oxygen atoms in total. The van der Waals surface area contributed by atoms with Crippen molar-refractivity contribution >= 4 is 0 Å². The van der Waals surface area contributed by atoms with Crippen LogP contribution in [0.2, 0.25) is 0 Å². The molecule has 28 heavy (non-hydrogen) atoms. The van der Waals surface area contributed by atoms with E-state index in [4.69, 9.17) is 0 Å². The van der Waals surface area contributed by atoms with Crippen LogP contribution in [0.3, 0.4) is 0 Å². The van der Waals surface area contributed by atoms with Crippen LogP contribution in [0.25, 0.3) is 0 Å². The fourth-order valence-electron chi connectivity index (χ4n) is 4.08. The fourth-order valence-corrected chi connectivity index (χ4v) is 4.08. The maximum Gasteiger partial charge on any atom is 0.120 e. The number of rotatable bonds is 9. The van der Waals surface area contributed by atoms with E-state index in [2.05, 4.69) is 35.8 Å². The van der Waals surface area contributed by atoms with Gasteiger partial charge in [-0.05, 0) is 76.1 Å². The highest BCUT2D eigenvalue weighted by atomic mass is 16.3. The highest BCUT2D eigenvalue weighted by Crippen LogP contribution is 2.40. The van der Waals surface area contributed by atoms with E-state index in [0.717, 1.165) is 48.2 Å². The summed E-state index contributed by atoms with van der Waals surface area (Å²) < 4.78 is 0. The molecule has 2 aromatic rings. The van der Waals surface area contributed by atoms with Crippen LogP contribution in [-0.2, 0) is 13.1 Å². The van der Waals surface area contributed by atoms with Gasteiger partial charge < -0.3 is 20.0 Å². The number of aromatic hydroxyl groups is 2. The second-order valence-electron chi connectivity index (χ2n) is 8.28. The lowest BCUT2D eigenvalue weighted by Gasteiger charge is -2.27. The monoisotopic (exact) mass is 384 g/mol. The van der Waals surface area contributed by atoms with Crippen molar-refractivity contribution in [1.82, 2.24) is 9.80 Å². The largest absolute Gasteiger partial charge is 0.508 e. The average molecular weight is 385 g/mol. The topological polar surface area (TPSA) is 46.9 Å². The Bertz CT molecular complexity index is 706. The van der Waals surface area contributed by atoms with E-state index in [1.165, 1.54) is 0 Å². The van der Waals surface area contributed by atoms with Crippen molar-refractivity contribution in [1.29, 1.82) is 0 Å². The van der Waals surface area contributed by atoms with Crippen LogP contribution in [0.4, 0.5) is 0 Å². The molecule has 0 saturated heterocycles. The first-order valence-corrected chi connectivity index (χ1v) is 10.2. The normalized spacial score (nSPS) is 13.9. The lowest BCUT2D eigenvalue weighted by atomic mass is 9.78. The van der Waals surface area contributed by atoms with E-state index in [9.17, 15) is 10.2 Å². The summed E-state index contributed by atoms with van der Waals surface area (Å²) >= 11 is 0.